The van der Waals surface area contributed by atoms with Gasteiger partial charge in [0.25, 0.3) is 5.56 Å². The Morgan fingerprint density at radius 1 is 1.16 bits per heavy atom. The van der Waals surface area contributed by atoms with E-state index in [4.69, 9.17) is 16.3 Å². The third-order valence-corrected chi connectivity index (χ3v) is 6.75. The summed E-state index contributed by atoms with van der Waals surface area (Å²) in [6.45, 7) is 6.05. The molecule has 0 fully saturated rings. The van der Waals surface area contributed by atoms with Gasteiger partial charge >= 0.3 is 5.97 Å². The van der Waals surface area contributed by atoms with Crippen LogP contribution < -0.4 is 14.9 Å². The minimum atomic E-state index is -0.638. The van der Waals surface area contributed by atoms with E-state index < -0.39 is 12.0 Å². The van der Waals surface area contributed by atoms with Crippen molar-refractivity contribution in [1.82, 2.24) is 4.57 Å². The van der Waals surface area contributed by atoms with E-state index in [1.807, 2.05) is 30.3 Å². The predicted molar refractivity (Wildman–Crippen MR) is 128 cm³/mol. The van der Waals surface area contributed by atoms with E-state index in [9.17, 15) is 9.59 Å². The van der Waals surface area contributed by atoms with E-state index in [0.29, 0.717) is 31.5 Å². The standard InChI is InChI=1S/C25H23ClN2O3S/c1-14(2)17-7-5-16(6-8-17)13-20-23(29)28-22(18-9-11-19(26)12-10-18)21(24(30)31-4)15(3)27-25(28)32-20/h5-14,22H,1-4H3/b20-13+/t22-/m0/s1. The van der Waals surface area contributed by atoms with Crippen molar-refractivity contribution in [2.45, 2.75) is 32.7 Å². The summed E-state index contributed by atoms with van der Waals surface area (Å²) in [6, 6.07) is 14.6. The van der Waals surface area contributed by atoms with Gasteiger partial charge in [0.15, 0.2) is 4.80 Å². The molecule has 2 heterocycles. The zero-order valence-corrected chi connectivity index (χ0v) is 19.8. The first-order valence-corrected chi connectivity index (χ1v) is 11.5. The Kier molecular flexibility index (Phi) is 6.17. The third-order valence-electron chi connectivity index (χ3n) is 5.51. The molecule has 1 aliphatic rings. The number of aromatic nitrogens is 1. The minimum Gasteiger partial charge on any atom is -0.466 e. The summed E-state index contributed by atoms with van der Waals surface area (Å²) in [5, 5.41) is 0.575. The third kappa shape index (κ3) is 4.08. The lowest BCUT2D eigenvalue weighted by Gasteiger charge is -2.24. The van der Waals surface area contributed by atoms with E-state index in [-0.39, 0.29) is 5.56 Å². The maximum atomic E-state index is 13.5. The van der Waals surface area contributed by atoms with E-state index in [1.54, 1.807) is 23.6 Å². The number of hydrogen-bond donors (Lipinski definition) is 0. The minimum absolute atomic E-state index is 0.199. The fraction of sp³-hybridized carbons (Fsp3) is 0.240. The van der Waals surface area contributed by atoms with E-state index in [2.05, 4.69) is 31.0 Å². The van der Waals surface area contributed by atoms with Gasteiger partial charge in [0.1, 0.15) is 0 Å². The molecule has 0 spiro atoms. The van der Waals surface area contributed by atoms with Gasteiger partial charge < -0.3 is 4.74 Å². The summed E-state index contributed by atoms with van der Waals surface area (Å²) >= 11 is 7.38. The average molecular weight is 467 g/mol. The molecule has 0 N–H and O–H groups in total. The van der Waals surface area contributed by atoms with Crippen LogP contribution in [-0.4, -0.2) is 17.6 Å². The summed E-state index contributed by atoms with van der Waals surface area (Å²) < 4.78 is 7.15. The first-order valence-electron chi connectivity index (χ1n) is 10.3. The average Bonchev–Trinajstić information content (AvgIpc) is 3.08. The van der Waals surface area contributed by atoms with Gasteiger partial charge in [-0.1, -0.05) is 73.2 Å². The van der Waals surface area contributed by atoms with Gasteiger partial charge in [-0.2, -0.15) is 0 Å². The van der Waals surface area contributed by atoms with Gasteiger partial charge in [0.05, 0.1) is 29.0 Å². The maximum absolute atomic E-state index is 13.5. The molecule has 0 saturated heterocycles. The molecule has 164 valence electrons. The monoisotopic (exact) mass is 466 g/mol. The molecule has 1 aromatic heterocycles. The van der Waals surface area contributed by atoms with Crippen molar-refractivity contribution in [3.63, 3.8) is 0 Å². The number of halogens is 1. The smallest absolute Gasteiger partial charge is 0.338 e. The molecule has 4 rings (SSSR count). The lowest BCUT2D eigenvalue weighted by atomic mass is 9.96. The molecule has 5 nitrogen and oxygen atoms in total. The molecule has 7 heteroatoms. The Bertz CT molecular complexity index is 1380. The Morgan fingerprint density at radius 3 is 2.41 bits per heavy atom. The Balaban J connectivity index is 1.91. The second-order valence-corrected chi connectivity index (χ2v) is 9.39. The second-order valence-electron chi connectivity index (χ2n) is 7.95. The van der Waals surface area contributed by atoms with Crippen LogP contribution in [0, 0.1) is 0 Å². The molecule has 1 aliphatic heterocycles. The fourth-order valence-electron chi connectivity index (χ4n) is 3.78. The summed E-state index contributed by atoms with van der Waals surface area (Å²) in [6.07, 6.45) is 1.87. The van der Waals surface area contributed by atoms with Gasteiger partial charge in [-0.3, -0.25) is 9.36 Å². The molecule has 1 atom stereocenters. The highest BCUT2D eigenvalue weighted by Gasteiger charge is 2.33. The van der Waals surface area contributed by atoms with Crippen molar-refractivity contribution in [2.75, 3.05) is 7.11 Å². The van der Waals surface area contributed by atoms with Gasteiger partial charge in [-0.15, -0.1) is 0 Å². The molecule has 3 aromatic rings. The second kappa shape index (κ2) is 8.88. The SMILES string of the molecule is COC(=O)C1=C(C)N=c2s/c(=C/c3ccc(C(C)C)cc3)c(=O)n2[C@H]1c1ccc(Cl)cc1. The largest absolute Gasteiger partial charge is 0.466 e. The molecular formula is C25H23ClN2O3S. The van der Waals surface area contributed by atoms with Crippen LogP contribution in [-0.2, 0) is 9.53 Å². The van der Waals surface area contributed by atoms with Crippen molar-refractivity contribution in [1.29, 1.82) is 0 Å². The summed E-state index contributed by atoms with van der Waals surface area (Å²) in [5.41, 5.74) is 3.62. The fourth-order valence-corrected chi connectivity index (χ4v) is 4.95. The van der Waals surface area contributed by atoms with Gasteiger partial charge in [0.2, 0.25) is 0 Å². The molecule has 0 unspecified atom stereocenters. The summed E-state index contributed by atoms with van der Waals surface area (Å²) in [7, 11) is 1.33. The van der Waals surface area contributed by atoms with Gasteiger partial charge in [-0.05, 0) is 47.7 Å². The van der Waals surface area contributed by atoms with Crippen molar-refractivity contribution >= 4 is 35.0 Å². The molecule has 0 amide bonds. The molecular weight excluding hydrogens is 444 g/mol. The maximum Gasteiger partial charge on any atom is 0.338 e. The number of thiazole rings is 1. The van der Waals surface area contributed by atoms with E-state index >= 15 is 0 Å². The number of allylic oxidation sites excluding steroid dienone is 1. The van der Waals surface area contributed by atoms with Gasteiger partial charge in [-0.25, -0.2) is 9.79 Å². The number of carbonyl (C=O) groups is 1. The Morgan fingerprint density at radius 2 is 1.81 bits per heavy atom. The number of methoxy groups -OCH3 is 1. The van der Waals surface area contributed by atoms with Crippen LogP contribution in [0.3, 0.4) is 0 Å². The van der Waals surface area contributed by atoms with E-state index in [1.165, 1.54) is 24.0 Å². The van der Waals surface area contributed by atoms with Crippen molar-refractivity contribution in [3.8, 4) is 0 Å². The van der Waals surface area contributed by atoms with Crippen molar-refractivity contribution in [2.24, 2.45) is 4.99 Å². The number of nitrogens with zero attached hydrogens (tertiary/aromatic N) is 2. The van der Waals surface area contributed by atoms with Crippen molar-refractivity contribution in [3.05, 3.63) is 101 Å². The number of hydrogen-bond acceptors (Lipinski definition) is 5. The van der Waals surface area contributed by atoms with Crippen LogP contribution in [0.4, 0.5) is 0 Å². The number of benzene rings is 2. The number of ether oxygens (including phenoxy) is 1. The van der Waals surface area contributed by atoms with Crippen LogP contribution in [0.1, 0.15) is 49.4 Å². The van der Waals surface area contributed by atoms with Crippen LogP contribution in [0.15, 0.2) is 69.6 Å². The highest BCUT2D eigenvalue weighted by atomic mass is 35.5. The van der Waals surface area contributed by atoms with Crippen LogP contribution in [0.25, 0.3) is 6.08 Å². The number of carbonyl (C=O) groups excluding carboxylic acids is 1. The number of esters is 1. The van der Waals surface area contributed by atoms with Crippen molar-refractivity contribution < 1.29 is 9.53 Å². The molecule has 0 aliphatic carbocycles. The van der Waals surface area contributed by atoms with Crippen LogP contribution >= 0.6 is 22.9 Å². The molecule has 0 radical (unpaired) electrons. The van der Waals surface area contributed by atoms with Crippen LogP contribution in [0.5, 0.6) is 0 Å². The first-order chi connectivity index (χ1) is 15.3. The quantitative estimate of drug-likeness (QED) is 0.542. The molecule has 0 bridgehead atoms. The zero-order valence-electron chi connectivity index (χ0n) is 18.3. The first kappa shape index (κ1) is 22.2. The lowest BCUT2D eigenvalue weighted by molar-refractivity contribution is -0.136. The highest BCUT2D eigenvalue weighted by molar-refractivity contribution is 7.07. The lowest BCUT2D eigenvalue weighted by Crippen LogP contribution is -2.39. The molecule has 32 heavy (non-hydrogen) atoms. The Hall–Kier alpha value is -2.96. The summed E-state index contributed by atoms with van der Waals surface area (Å²) in [5.74, 6) is -0.0711. The molecule has 2 aromatic carbocycles. The Labute approximate surface area is 195 Å². The van der Waals surface area contributed by atoms with E-state index in [0.717, 1.165) is 11.1 Å². The zero-order chi connectivity index (χ0) is 23.0. The summed E-state index contributed by atoms with van der Waals surface area (Å²) in [4.78, 5) is 31.2. The van der Waals surface area contributed by atoms with Crippen LogP contribution in [0.2, 0.25) is 5.02 Å². The topological polar surface area (TPSA) is 60.7 Å². The highest BCUT2D eigenvalue weighted by Crippen LogP contribution is 2.31. The van der Waals surface area contributed by atoms with Gasteiger partial charge in [0, 0.05) is 5.02 Å². The predicted octanol–water partition coefficient (Wildman–Crippen LogP) is 4.19. The normalized spacial score (nSPS) is 16.2. The number of fused-ring (bicyclic) bond motifs is 1. The number of rotatable bonds is 4. The molecule has 0 saturated carbocycles.